The summed E-state index contributed by atoms with van der Waals surface area (Å²) in [7, 11) is 0. The van der Waals surface area contributed by atoms with Crippen molar-refractivity contribution < 1.29 is 9.47 Å². The van der Waals surface area contributed by atoms with E-state index in [1.54, 1.807) is 0 Å². The summed E-state index contributed by atoms with van der Waals surface area (Å²) in [6.45, 7) is 9.87. The molecule has 6 rings (SSSR count). The summed E-state index contributed by atoms with van der Waals surface area (Å²) in [5, 5.41) is 9.52. The SMILES string of the molecule is CCCCCCOc1ccc(-c2nc3sc(=Cc4cn(-c5ccccc5)nc4-c4ccc(OCC(C)C)c(C)c4)c(=O)n3n2)cc1. The van der Waals surface area contributed by atoms with Crippen molar-refractivity contribution in [2.24, 2.45) is 5.92 Å². The summed E-state index contributed by atoms with van der Waals surface area (Å²) in [4.78, 5) is 18.8. The summed E-state index contributed by atoms with van der Waals surface area (Å²) in [5.41, 5.74) is 5.12. The van der Waals surface area contributed by atoms with Crippen molar-refractivity contribution in [3.8, 4) is 39.8 Å². The van der Waals surface area contributed by atoms with Crippen molar-refractivity contribution in [2.75, 3.05) is 13.2 Å². The van der Waals surface area contributed by atoms with Gasteiger partial charge in [-0.3, -0.25) is 4.79 Å². The molecule has 3 heterocycles. The molecule has 0 saturated carbocycles. The predicted octanol–water partition coefficient (Wildman–Crippen LogP) is 7.52. The van der Waals surface area contributed by atoms with Gasteiger partial charge in [-0.05, 0) is 85.5 Å². The Bertz CT molecular complexity index is 2030. The van der Waals surface area contributed by atoms with E-state index < -0.39 is 0 Å². The smallest absolute Gasteiger partial charge is 0.291 e. The quantitative estimate of drug-likeness (QED) is 0.122. The lowest BCUT2D eigenvalue weighted by molar-refractivity contribution is 0.269. The van der Waals surface area contributed by atoms with Crippen molar-refractivity contribution >= 4 is 22.4 Å². The van der Waals surface area contributed by atoms with Gasteiger partial charge in [0, 0.05) is 22.9 Å². The number of aromatic nitrogens is 5. The number of hydrogen-bond acceptors (Lipinski definition) is 7. The molecule has 0 aliphatic heterocycles. The molecular formula is C37H39N5O3S. The molecule has 9 heteroatoms. The number of benzene rings is 3. The van der Waals surface area contributed by atoms with Crippen LogP contribution in [0.4, 0.5) is 0 Å². The van der Waals surface area contributed by atoms with E-state index >= 15 is 0 Å². The third-order valence-corrected chi connectivity index (χ3v) is 8.59. The van der Waals surface area contributed by atoms with Crippen LogP contribution in [0.25, 0.3) is 39.4 Å². The molecule has 46 heavy (non-hydrogen) atoms. The molecule has 0 unspecified atom stereocenters. The molecule has 0 aliphatic carbocycles. The second-order valence-corrected chi connectivity index (χ2v) is 12.9. The van der Waals surface area contributed by atoms with Gasteiger partial charge >= 0.3 is 0 Å². The summed E-state index contributed by atoms with van der Waals surface area (Å²) >= 11 is 1.32. The molecular weight excluding hydrogens is 595 g/mol. The lowest BCUT2D eigenvalue weighted by Gasteiger charge is -2.12. The van der Waals surface area contributed by atoms with E-state index in [2.05, 4.69) is 31.9 Å². The molecule has 0 saturated heterocycles. The highest BCUT2D eigenvalue weighted by atomic mass is 32.1. The Hall–Kier alpha value is -4.76. The zero-order chi connectivity index (χ0) is 32.0. The Balaban J connectivity index is 1.30. The maximum atomic E-state index is 13.6. The number of unbranched alkanes of at least 4 members (excludes halogenated alkanes) is 3. The van der Waals surface area contributed by atoms with Gasteiger partial charge in [0.05, 0.1) is 23.4 Å². The van der Waals surface area contributed by atoms with Crippen LogP contribution in [0, 0.1) is 12.8 Å². The summed E-state index contributed by atoms with van der Waals surface area (Å²) in [5.74, 6) is 2.63. The maximum absolute atomic E-state index is 13.6. The van der Waals surface area contributed by atoms with E-state index in [0.29, 0.717) is 34.4 Å². The van der Waals surface area contributed by atoms with Gasteiger partial charge in [0.15, 0.2) is 5.82 Å². The fourth-order valence-electron chi connectivity index (χ4n) is 5.16. The van der Waals surface area contributed by atoms with Crippen molar-refractivity contribution in [1.82, 2.24) is 24.4 Å². The zero-order valence-corrected chi connectivity index (χ0v) is 27.6. The minimum atomic E-state index is -0.210. The number of para-hydroxylation sites is 1. The first-order chi connectivity index (χ1) is 22.4. The highest BCUT2D eigenvalue weighted by Crippen LogP contribution is 2.29. The number of thiazole rings is 1. The Labute approximate surface area is 273 Å². The molecule has 0 amide bonds. The summed E-state index contributed by atoms with van der Waals surface area (Å²) in [6, 6.07) is 23.8. The van der Waals surface area contributed by atoms with E-state index in [1.165, 1.54) is 35.1 Å². The number of ether oxygens (including phenoxy) is 2. The van der Waals surface area contributed by atoms with Gasteiger partial charge in [-0.2, -0.15) is 14.6 Å². The van der Waals surface area contributed by atoms with Crippen molar-refractivity contribution in [1.29, 1.82) is 0 Å². The lowest BCUT2D eigenvalue weighted by Crippen LogP contribution is -2.23. The van der Waals surface area contributed by atoms with E-state index in [1.807, 2.05) is 90.6 Å². The van der Waals surface area contributed by atoms with Gasteiger partial charge in [-0.25, -0.2) is 4.68 Å². The number of rotatable bonds is 13. The first-order valence-electron chi connectivity index (χ1n) is 15.9. The second-order valence-electron chi connectivity index (χ2n) is 11.9. The fraction of sp³-hybridized carbons (Fsp3) is 0.297. The monoisotopic (exact) mass is 633 g/mol. The van der Waals surface area contributed by atoms with Crippen LogP contribution in [0.3, 0.4) is 0 Å². The summed E-state index contributed by atoms with van der Waals surface area (Å²) < 4.78 is 15.6. The molecule has 0 N–H and O–H groups in total. The fourth-order valence-corrected chi connectivity index (χ4v) is 6.06. The number of hydrogen-bond donors (Lipinski definition) is 0. The number of aryl methyl sites for hydroxylation is 1. The largest absolute Gasteiger partial charge is 0.494 e. The maximum Gasteiger partial charge on any atom is 0.291 e. The highest BCUT2D eigenvalue weighted by Gasteiger charge is 2.16. The first-order valence-corrected chi connectivity index (χ1v) is 16.7. The van der Waals surface area contributed by atoms with Crippen LogP contribution in [0.15, 0.2) is 83.8 Å². The average Bonchev–Trinajstić information content (AvgIpc) is 3.76. The van der Waals surface area contributed by atoms with Crippen LogP contribution in [0.5, 0.6) is 11.5 Å². The summed E-state index contributed by atoms with van der Waals surface area (Å²) in [6.07, 6.45) is 8.50. The molecule has 236 valence electrons. The van der Waals surface area contributed by atoms with E-state index in [-0.39, 0.29) is 5.56 Å². The van der Waals surface area contributed by atoms with Gasteiger partial charge in [-0.1, -0.05) is 69.6 Å². The third kappa shape index (κ3) is 7.05. The van der Waals surface area contributed by atoms with E-state index in [0.717, 1.165) is 51.6 Å². The molecule has 0 atom stereocenters. The van der Waals surface area contributed by atoms with Crippen LogP contribution in [-0.4, -0.2) is 37.6 Å². The van der Waals surface area contributed by atoms with E-state index in [9.17, 15) is 4.79 Å². The molecule has 0 spiro atoms. The number of fused-ring (bicyclic) bond motifs is 1. The lowest BCUT2D eigenvalue weighted by atomic mass is 10.0. The van der Waals surface area contributed by atoms with Gasteiger partial charge < -0.3 is 9.47 Å². The second kappa shape index (κ2) is 14.1. The minimum Gasteiger partial charge on any atom is -0.494 e. The topological polar surface area (TPSA) is 83.5 Å². The van der Waals surface area contributed by atoms with Crippen molar-refractivity contribution in [3.63, 3.8) is 0 Å². The molecule has 3 aromatic carbocycles. The molecule has 0 bridgehead atoms. The Morgan fingerprint density at radius 3 is 2.41 bits per heavy atom. The standard InChI is InChI=1S/C37H39N5O3S/c1-5-6-7-11-20-44-31-17-14-27(15-18-31)35-38-37-42(40-35)36(43)33(46-37)22-29-23-41(30-12-9-8-10-13-30)39-34(29)28-16-19-32(26(4)21-28)45-24-25(2)3/h8-10,12-19,21-23,25H,5-7,11,20,24H2,1-4H3. The van der Waals surface area contributed by atoms with Crippen LogP contribution in [0.1, 0.15) is 57.6 Å². The van der Waals surface area contributed by atoms with Crippen LogP contribution >= 0.6 is 11.3 Å². The third-order valence-electron chi connectivity index (χ3n) is 7.63. The Kier molecular flexibility index (Phi) is 9.59. The highest BCUT2D eigenvalue weighted by molar-refractivity contribution is 7.15. The van der Waals surface area contributed by atoms with Gasteiger partial charge in [0.2, 0.25) is 4.96 Å². The van der Waals surface area contributed by atoms with Crippen molar-refractivity contribution in [2.45, 2.75) is 53.4 Å². The van der Waals surface area contributed by atoms with Crippen LogP contribution < -0.4 is 19.6 Å². The molecule has 3 aromatic heterocycles. The van der Waals surface area contributed by atoms with Crippen molar-refractivity contribution in [3.05, 3.63) is 105 Å². The zero-order valence-electron chi connectivity index (χ0n) is 26.8. The molecule has 0 fully saturated rings. The predicted molar refractivity (Wildman–Crippen MR) is 185 cm³/mol. The average molecular weight is 634 g/mol. The first kappa shape index (κ1) is 31.2. The molecule has 8 nitrogen and oxygen atoms in total. The minimum absolute atomic E-state index is 0.210. The Morgan fingerprint density at radius 1 is 0.913 bits per heavy atom. The normalized spacial score (nSPS) is 12.0. The van der Waals surface area contributed by atoms with Crippen LogP contribution in [0.2, 0.25) is 0 Å². The molecule has 0 aliphatic rings. The van der Waals surface area contributed by atoms with E-state index in [4.69, 9.17) is 19.6 Å². The van der Waals surface area contributed by atoms with Crippen LogP contribution in [-0.2, 0) is 0 Å². The molecule has 6 aromatic rings. The van der Waals surface area contributed by atoms with Gasteiger partial charge in [0.1, 0.15) is 17.2 Å². The van der Waals surface area contributed by atoms with Gasteiger partial charge in [0.25, 0.3) is 5.56 Å². The van der Waals surface area contributed by atoms with Gasteiger partial charge in [-0.15, -0.1) is 5.10 Å². The Morgan fingerprint density at radius 2 is 1.70 bits per heavy atom. The number of nitrogens with zero attached hydrogens (tertiary/aromatic N) is 5. The molecule has 0 radical (unpaired) electrons.